The number of unbranched alkanes of at least 4 members (excludes halogenated alkanes) is 4. The van der Waals surface area contributed by atoms with Crippen LogP contribution in [0.3, 0.4) is 0 Å². The maximum absolute atomic E-state index is 13.2. The first kappa shape index (κ1) is 40.9. The van der Waals surface area contributed by atoms with E-state index < -0.39 is 29.7 Å². The Kier molecular flexibility index (Phi) is 14.3. The van der Waals surface area contributed by atoms with Crippen molar-refractivity contribution >= 4 is 47.0 Å². The molecule has 0 radical (unpaired) electrons. The Morgan fingerprint density at radius 1 is 0.877 bits per heavy atom. The smallest absolute Gasteiger partial charge is 0.266 e. The SMILES string of the molecule is COc1ccc(Nc2nc(C)cc(NCCCCCCCNC(=O)COc3cccc4c3C(=O)N(C3CCC(=O)NC3=O)C4=O)n2)cc1OCCCN1CCCC1. The van der Waals surface area contributed by atoms with E-state index in [-0.39, 0.29) is 42.2 Å². The molecule has 2 saturated heterocycles. The predicted molar refractivity (Wildman–Crippen MR) is 212 cm³/mol. The fourth-order valence-electron chi connectivity index (χ4n) is 7.21. The molecule has 6 rings (SSSR count). The molecule has 16 heteroatoms. The van der Waals surface area contributed by atoms with Gasteiger partial charge in [0.1, 0.15) is 17.6 Å². The highest BCUT2D eigenvalue weighted by Crippen LogP contribution is 2.34. The Bertz CT molecular complexity index is 1930. The van der Waals surface area contributed by atoms with Crippen LogP contribution in [0.2, 0.25) is 0 Å². The Morgan fingerprint density at radius 3 is 2.46 bits per heavy atom. The van der Waals surface area contributed by atoms with E-state index in [9.17, 15) is 24.0 Å². The van der Waals surface area contributed by atoms with Crippen molar-refractivity contribution in [2.24, 2.45) is 0 Å². The van der Waals surface area contributed by atoms with E-state index in [2.05, 4.69) is 36.1 Å². The van der Waals surface area contributed by atoms with E-state index in [0.717, 1.165) is 73.7 Å². The number of nitrogens with zero attached hydrogens (tertiary/aromatic N) is 4. The summed E-state index contributed by atoms with van der Waals surface area (Å²) in [4.78, 5) is 75.2. The van der Waals surface area contributed by atoms with Crippen LogP contribution in [0, 0.1) is 6.92 Å². The molecule has 2 fully saturated rings. The number of imide groups is 2. The van der Waals surface area contributed by atoms with Gasteiger partial charge in [0.2, 0.25) is 17.8 Å². The lowest BCUT2D eigenvalue weighted by Gasteiger charge is -2.27. The van der Waals surface area contributed by atoms with Gasteiger partial charge in [0.05, 0.1) is 24.8 Å². The van der Waals surface area contributed by atoms with E-state index in [1.165, 1.54) is 38.1 Å². The first-order valence-electron chi connectivity index (χ1n) is 19.8. The lowest BCUT2D eigenvalue weighted by molar-refractivity contribution is -0.136. The van der Waals surface area contributed by atoms with Crippen LogP contribution in [0.5, 0.6) is 17.2 Å². The van der Waals surface area contributed by atoms with Gasteiger partial charge in [-0.1, -0.05) is 25.3 Å². The highest BCUT2D eigenvalue weighted by atomic mass is 16.5. The van der Waals surface area contributed by atoms with Crippen molar-refractivity contribution in [2.45, 2.75) is 77.2 Å². The third kappa shape index (κ3) is 11.0. The topological polar surface area (TPSA) is 193 Å². The summed E-state index contributed by atoms with van der Waals surface area (Å²) in [5.74, 6) is -0.137. The minimum absolute atomic E-state index is 0.00749. The number of piperidine rings is 1. The summed E-state index contributed by atoms with van der Waals surface area (Å²) in [6.45, 7) is 6.83. The van der Waals surface area contributed by atoms with Crippen LogP contribution in [-0.4, -0.2) is 108 Å². The third-order valence-corrected chi connectivity index (χ3v) is 10.1. The lowest BCUT2D eigenvalue weighted by Crippen LogP contribution is -2.54. The average Bonchev–Trinajstić information content (AvgIpc) is 3.81. The number of methoxy groups -OCH3 is 1. The number of rotatable bonds is 21. The molecule has 1 aromatic heterocycles. The number of hydrogen-bond donors (Lipinski definition) is 4. The zero-order chi connectivity index (χ0) is 40.1. The van der Waals surface area contributed by atoms with Gasteiger partial charge in [-0.3, -0.25) is 34.2 Å². The molecule has 3 aliphatic heterocycles. The molecule has 304 valence electrons. The van der Waals surface area contributed by atoms with Gasteiger partial charge in [-0.2, -0.15) is 4.98 Å². The average molecular weight is 785 g/mol. The molecule has 5 amide bonds. The van der Waals surface area contributed by atoms with Gasteiger partial charge in [0, 0.05) is 49.6 Å². The van der Waals surface area contributed by atoms with Crippen molar-refractivity contribution < 1.29 is 38.2 Å². The largest absolute Gasteiger partial charge is 0.493 e. The summed E-state index contributed by atoms with van der Waals surface area (Å²) in [6.07, 6.45) is 8.29. The molecule has 2 aromatic carbocycles. The standard InChI is InChI=1S/C41H52N8O8/c1-27-24-34(46-41(44-27)45-28-14-16-31(55-2)33(25-28)56-23-11-22-48-20-8-9-21-48)42-18-6-4-3-5-7-19-43-36(51)26-57-32-13-10-12-29-37(32)40(54)49(39(29)53)30-15-17-35(50)47-38(30)52/h10,12-14,16,24-25,30H,3-9,11,15,17-23,26H2,1-2H3,(H,43,51)(H,47,50,52)(H2,42,44,45,46). The van der Waals surface area contributed by atoms with Gasteiger partial charge in [-0.05, 0) is 82.8 Å². The molecule has 4 heterocycles. The van der Waals surface area contributed by atoms with Gasteiger partial charge in [0.25, 0.3) is 17.7 Å². The summed E-state index contributed by atoms with van der Waals surface area (Å²) in [5.41, 5.74) is 1.74. The number of carbonyl (C=O) groups is 5. The lowest BCUT2D eigenvalue weighted by atomic mass is 10.0. The Hall–Kier alpha value is -5.77. The number of hydrogen-bond acceptors (Lipinski definition) is 13. The first-order chi connectivity index (χ1) is 27.7. The molecule has 1 unspecified atom stereocenters. The van der Waals surface area contributed by atoms with E-state index in [0.29, 0.717) is 30.6 Å². The van der Waals surface area contributed by atoms with Gasteiger partial charge in [0.15, 0.2) is 18.1 Å². The van der Waals surface area contributed by atoms with Crippen LogP contribution < -0.4 is 35.5 Å². The van der Waals surface area contributed by atoms with Gasteiger partial charge >= 0.3 is 0 Å². The summed E-state index contributed by atoms with van der Waals surface area (Å²) in [7, 11) is 1.64. The van der Waals surface area contributed by atoms with Crippen LogP contribution in [0.25, 0.3) is 0 Å². The highest BCUT2D eigenvalue weighted by Gasteiger charge is 2.46. The van der Waals surface area contributed by atoms with Gasteiger partial charge in [-0.15, -0.1) is 0 Å². The van der Waals surface area contributed by atoms with Crippen LogP contribution in [-0.2, 0) is 14.4 Å². The Labute approximate surface area is 332 Å². The number of anilines is 3. The van der Waals surface area contributed by atoms with Crippen molar-refractivity contribution in [1.82, 2.24) is 30.4 Å². The second-order valence-electron chi connectivity index (χ2n) is 14.4. The monoisotopic (exact) mass is 784 g/mol. The predicted octanol–water partition coefficient (Wildman–Crippen LogP) is 4.36. The molecule has 0 saturated carbocycles. The fourth-order valence-corrected chi connectivity index (χ4v) is 7.21. The molecule has 0 spiro atoms. The van der Waals surface area contributed by atoms with Crippen LogP contribution >= 0.6 is 0 Å². The van der Waals surface area contributed by atoms with Crippen LogP contribution in [0.15, 0.2) is 42.5 Å². The second kappa shape index (κ2) is 19.9. The first-order valence-corrected chi connectivity index (χ1v) is 19.8. The van der Waals surface area contributed by atoms with E-state index >= 15 is 0 Å². The minimum atomic E-state index is -1.08. The van der Waals surface area contributed by atoms with Crippen molar-refractivity contribution in [2.75, 3.05) is 63.7 Å². The second-order valence-corrected chi connectivity index (χ2v) is 14.4. The maximum atomic E-state index is 13.2. The molecule has 3 aromatic rings. The van der Waals surface area contributed by atoms with Crippen molar-refractivity contribution in [3.63, 3.8) is 0 Å². The molecule has 57 heavy (non-hydrogen) atoms. The van der Waals surface area contributed by atoms with Crippen LogP contribution in [0.4, 0.5) is 17.5 Å². The molecule has 1 atom stereocenters. The maximum Gasteiger partial charge on any atom is 0.266 e. The van der Waals surface area contributed by atoms with Crippen molar-refractivity contribution in [3.8, 4) is 17.2 Å². The molecular formula is C41H52N8O8. The quantitative estimate of drug-likeness (QED) is 0.0881. The number of likely N-dealkylation sites (tertiary alicyclic amines) is 1. The van der Waals surface area contributed by atoms with E-state index in [4.69, 9.17) is 14.2 Å². The highest BCUT2D eigenvalue weighted by molar-refractivity contribution is 6.24. The number of nitrogens with one attached hydrogen (secondary N) is 4. The molecule has 4 N–H and O–H groups in total. The fraction of sp³-hybridized carbons (Fsp3) is 0.488. The number of amides is 5. The number of ether oxygens (including phenoxy) is 3. The van der Waals surface area contributed by atoms with Crippen LogP contribution in [0.1, 0.15) is 90.6 Å². The summed E-state index contributed by atoms with van der Waals surface area (Å²) in [6, 6.07) is 11.1. The molecule has 0 aliphatic carbocycles. The number of aryl methyl sites for hydroxylation is 1. The Morgan fingerprint density at radius 2 is 1.67 bits per heavy atom. The van der Waals surface area contributed by atoms with E-state index in [1.807, 2.05) is 31.2 Å². The van der Waals surface area contributed by atoms with Crippen molar-refractivity contribution in [3.05, 3.63) is 59.3 Å². The zero-order valence-corrected chi connectivity index (χ0v) is 32.7. The van der Waals surface area contributed by atoms with E-state index in [1.54, 1.807) is 13.2 Å². The van der Waals surface area contributed by atoms with Gasteiger partial charge < -0.3 is 35.1 Å². The summed E-state index contributed by atoms with van der Waals surface area (Å²) < 4.78 is 17.3. The number of benzene rings is 2. The minimum Gasteiger partial charge on any atom is -0.493 e. The number of carbonyl (C=O) groups excluding carboxylic acids is 5. The summed E-state index contributed by atoms with van der Waals surface area (Å²) in [5, 5.41) is 11.7. The number of aromatic nitrogens is 2. The Balaban J connectivity index is 0.856. The third-order valence-electron chi connectivity index (χ3n) is 10.1. The van der Waals surface area contributed by atoms with Gasteiger partial charge in [-0.25, -0.2) is 4.98 Å². The van der Waals surface area contributed by atoms with Crippen molar-refractivity contribution in [1.29, 1.82) is 0 Å². The zero-order valence-electron chi connectivity index (χ0n) is 32.7. The summed E-state index contributed by atoms with van der Waals surface area (Å²) >= 11 is 0. The molecule has 0 bridgehead atoms. The normalized spacial score (nSPS) is 16.7. The number of fused-ring (bicyclic) bond motifs is 1. The molecule has 3 aliphatic rings. The molecule has 16 nitrogen and oxygen atoms in total. The molecular weight excluding hydrogens is 732 g/mol.